The van der Waals surface area contributed by atoms with E-state index in [0.29, 0.717) is 13.0 Å². The predicted octanol–water partition coefficient (Wildman–Crippen LogP) is 0.540. The zero-order valence-corrected chi connectivity index (χ0v) is 9.37. The van der Waals surface area contributed by atoms with Crippen molar-refractivity contribution in [2.45, 2.75) is 13.0 Å². The Balaban J connectivity index is 1.89. The van der Waals surface area contributed by atoms with Crippen molar-refractivity contribution >= 4 is 5.97 Å². The summed E-state index contributed by atoms with van der Waals surface area (Å²) < 4.78 is 3.64. The van der Waals surface area contributed by atoms with Crippen LogP contribution in [0.3, 0.4) is 0 Å². The average Bonchev–Trinajstić information content (AvgIpc) is 2.88. The molecule has 0 saturated carbocycles. The van der Waals surface area contributed by atoms with Gasteiger partial charge in [0.05, 0.1) is 17.8 Å². The highest BCUT2D eigenvalue weighted by Crippen LogP contribution is 2.25. The van der Waals surface area contributed by atoms with Gasteiger partial charge in [0.15, 0.2) is 0 Å². The van der Waals surface area contributed by atoms with E-state index in [1.807, 2.05) is 24.0 Å². The van der Waals surface area contributed by atoms with Crippen LogP contribution in [0.5, 0.6) is 0 Å². The lowest BCUT2D eigenvalue weighted by molar-refractivity contribution is -0.141. The monoisotopic (exact) mass is 232 g/mol. The van der Waals surface area contributed by atoms with E-state index >= 15 is 0 Å². The zero-order chi connectivity index (χ0) is 12.0. The van der Waals surface area contributed by atoms with Gasteiger partial charge in [-0.15, -0.1) is 0 Å². The fourth-order valence-electron chi connectivity index (χ4n) is 2.16. The Labute approximate surface area is 97.5 Å². The third-order valence-corrected chi connectivity index (χ3v) is 3.06. The summed E-state index contributed by atoms with van der Waals surface area (Å²) >= 11 is 0. The summed E-state index contributed by atoms with van der Waals surface area (Å²) in [5, 5.41) is 13.0. The number of aromatic nitrogens is 4. The van der Waals surface area contributed by atoms with Crippen LogP contribution in [0.2, 0.25) is 0 Å². The van der Waals surface area contributed by atoms with Crippen molar-refractivity contribution in [3.63, 3.8) is 0 Å². The van der Waals surface area contributed by atoms with Gasteiger partial charge in [-0.05, 0) is 0 Å². The average molecular weight is 232 g/mol. The molecule has 1 N–H and O–H groups in total. The third-order valence-electron chi connectivity index (χ3n) is 3.06. The van der Waals surface area contributed by atoms with E-state index in [0.717, 1.165) is 17.1 Å². The Hall–Kier alpha value is -2.11. The van der Waals surface area contributed by atoms with Crippen molar-refractivity contribution in [2.24, 2.45) is 13.0 Å². The number of carboxylic acid groups (broad SMARTS) is 1. The van der Waals surface area contributed by atoms with Gasteiger partial charge >= 0.3 is 5.97 Å². The number of carboxylic acids is 1. The zero-order valence-electron chi connectivity index (χ0n) is 9.37. The largest absolute Gasteiger partial charge is 0.481 e. The Kier molecular flexibility index (Phi) is 2.04. The van der Waals surface area contributed by atoms with Crippen LogP contribution >= 0.6 is 0 Å². The Morgan fingerprint density at radius 2 is 2.35 bits per heavy atom. The molecule has 1 aliphatic heterocycles. The van der Waals surface area contributed by atoms with E-state index in [9.17, 15) is 4.79 Å². The van der Waals surface area contributed by atoms with E-state index in [4.69, 9.17) is 5.11 Å². The summed E-state index contributed by atoms with van der Waals surface area (Å²) in [4.78, 5) is 15.3. The number of nitrogens with zero attached hydrogens (tertiary/aromatic N) is 4. The lowest BCUT2D eigenvalue weighted by Crippen LogP contribution is -2.14. The van der Waals surface area contributed by atoms with E-state index in [-0.39, 0.29) is 5.92 Å². The maximum Gasteiger partial charge on any atom is 0.308 e. The molecule has 0 fully saturated rings. The van der Waals surface area contributed by atoms with Gasteiger partial charge in [0.2, 0.25) is 0 Å². The fourth-order valence-corrected chi connectivity index (χ4v) is 2.16. The molecule has 0 radical (unpaired) electrons. The van der Waals surface area contributed by atoms with Crippen LogP contribution in [0.1, 0.15) is 5.82 Å². The van der Waals surface area contributed by atoms with Crippen LogP contribution in [0, 0.1) is 5.92 Å². The summed E-state index contributed by atoms with van der Waals surface area (Å²) in [6.45, 7) is 0.512. The summed E-state index contributed by atoms with van der Waals surface area (Å²) in [5.74, 6) is -0.241. The smallest absolute Gasteiger partial charge is 0.308 e. The summed E-state index contributed by atoms with van der Waals surface area (Å²) in [6, 6.07) is 0. The second-order valence-electron chi connectivity index (χ2n) is 4.34. The molecule has 3 heterocycles. The number of hydrogen-bond acceptors (Lipinski definition) is 3. The Morgan fingerprint density at radius 1 is 1.53 bits per heavy atom. The molecule has 1 atom stereocenters. The Morgan fingerprint density at radius 3 is 2.94 bits per heavy atom. The van der Waals surface area contributed by atoms with Crippen LogP contribution < -0.4 is 0 Å². The lowest BCUT2D eigenvalue weighted by Gasteiger charge is -2.00. The van der Waals surface area contributed by atoms with E-state index in [2.05, 4.69) is 10.1 Å². The molecule has 6 heteroatoms. The first-order chi connectivity index (χ1) is 8.13. The van der Waals surface area contributed by atoms with Gasteiger partial charge in [-0.1, -0.05) is 0 Å². The molecule has 0 saturated heterocycles. The number of imidazole rings is 1. The minimum absolute atomic E-state index is 0.333. The second kappa shape index (κ2) is 3.44. The quantitative estimate of drug-likeness (QED) is 0.820. The topological polar surface area (TPSA) is 72.9 Å². The van der Waals surface area contributed by atoms with Crippen molar-refractivity contribution in [3.8, 4) is 11.3 Å². The minimum Gasteiger partial charge on any atom is -0.481 e. The number of hydrogen-bond donors (Lipinski definition) is 1. The van der Waals surface area contributed by atoms with E-state index < -0.39 is 5.97 Å². The van der Waals surface area contributed by atoms with Gasteiger partial charge in [0, 0.05) is 38.0 Å². The highest BCUT2D eigenvalue weighted by molar-refractivity contribution is 5.71. The molecule has 0 spiro atoms. The number of rotatable bonds is 2. The maximum absolute atomic E-state index is 10.9. The van der Waals surface area contributed by atoms with Crippen molar-refractivity contribution in [2.75, 3.05) is 0 Å². The van der Waals surface area contributed by atoms with Gasteiger partial charge in [-0.25, -0.2) is 4.98 Å². The van der Waals surface area contributed by atoms with Crippen LogP contribution in [0.25, 0.3) is 11.3 Å². The van der Waals surface area contributed by atoms with E-state index in [1.165, 1.54) is 0 Å². The van der Waals surface area contributed by atoms with Crippen molar-refractivity contribution in [1.29, 1.82) is 0 Å². The first-order valence-electron chi connectivity index (χ1n) is 5.41. The molecule has 0 bridgehead atoms. The summed E-state index contributed by atoms with van der Waals surface area (Å²) in [7, 11) is 1.85. The molecule has 6 nitrogen and oxygen atoms in total. The first-order valence-corrected chi connectivity index (χ1v) is 5.41. The lowest BCUT2D eigenvalue weighted by atomic mass is 10.1. The number of aliphatic carboxylic acids is 1. The van der Waals surface area contributed by atoms with Crippen LogP contribution in [-0.2, 0) is 24.8 Å². The molecule has 17 heavy (non-hydrogen) atoms. The summed E-state index contributed by atoms with van der Waals surface area (Å²) in [6.07, 6.45) is 6.06. The van der Waals surface area contributed by atoms with Gasteiger partial charge in [-0.3, -0.25) is 9.48 Å². The standard InChI is InChI=1S/C11H12N4O2/c1-14-4-8(3-12-14)9-6-15-5-7(11(16)17)2-10(15)13-9/h3-4,6-7H,2,5H2,1H3,(H,16,17). The molecular weight excluding hydrogens is 220 g/mol. The highest BCUT2D eigenvalue weighted by Gasteiger charge is 2.28. The molecule has 0 aliphatic carbocycles. The molecule has 3 rings (SSSR count). The molecule has 88 valence electrons. The molecule has 2 aromatic rings. The molecule has 0 amide bonds. The maximum atomic E-state index is 10.9. The SMILES string of the molecule is Cn1cc(-c2cn3c(n2)CC(C(=O)O)C3)cn1. The summed E-state index contributed by atoms with van der Waals surface area (Å²) in [5.41, 5.74) is 1.82. The molecule has 1 unspecified atom stereocenters. The molecular formula is C11H12N4O2. The normalized spacial score (nSPS) is 18.3. The first kappa shape index (κ1) is 10.1. The van der Waals surface area contributed by atoms with Gasteiger partial charge in [0.1, 0.15) is 5.82 Å². The van der Waals surface area contributed by atoms with Gasteiger partial charge in [-0.2, -0.15) is 5.10 Å². The number of fused-ring (bicyclic) bond motifs is 1. The minimum atomic E-state index is -0.751. The molecule has 0 aromatic carbocycles. The second-order valence-corrected chi connectivity index (χ2v) is 4.34. The van der Waals surface area contributed by atoms with Crippen molar-refractivity contribution in [1.82, 2.24) is 19.3 Å². The number of aryl methyl sites for hydroxylation is 1. The highest BCUT2D eigenvalue weighted by atomic mass is 16.4. The van der Waals surface area contributed by atoms with Gasteiger partial charge in [0.25, 0.3) is 0 Å². The Bertz CT molecular complexity index is 561. The van der Waals surface area contributed by atoms with Crippen LogP contribution in [0.4, 0.5) is 0 Å². The predicted molar refractivity (Wildman–Crippen MR) is 59.3 cm³/mol. The van der Waals surface area contributed by atoms with E-state index in [1.54, 1.807) is 10.9 Å². The van der Waals surface area contributed by atoms with Crippen LogP contribution in [0.15, 0.2) is 18.6 Å². The fraction of sp³-hybridized carbons (Fsp3) is 0.364. The number of carbonyl (C=O) groups is 1. The molecule has 2 aromatic heterocycles. The van der Waals surface area contributed by atoms with Crippen LogP contribution in [-0.4, -0.2) is 30.4 Å². The van der Waals surface area contributed by atoms with Crippen molar-refractivity contribution < 1.29 is 9.90 Å². The molecule has 1 aliphatic rings. The van der Waals surface area contributed by atoms with Gasteiger partial charge < -0.3 is 9.67 Å². The third kappa shape index (κ3) is 1.61. The van der Waals surface area contributed by atoms with Crippen molar-refractivity contribution in [3.05, 3.63) is 24.4 Å².